The molecule has 3 N–H and O–H groups in total. The van der Waals surface area contributed by atoms with E-state index in [2.05, 4.69) is 68.8 Å². The number of anilines is 2. The number of carbonyl (C=O) groups is 2. The van der Waals surface area contributed by atoms with Gasteiger partial charge in [0.15, 0.2) is 5.82 Å². The Morgan fingerprint density at radius 2 is 1.98 bits per heavy atom. The molecule has 216 valence electrons. The van der Waals surface area contributed by atoms with Gasteiger partial charge >= 0.3 is 6.01 Å². The summed E-state index contributed by atoms with van der Waals surface area (Å²) in [6.07, 6.45) is 4.58. The van der Waals surface area contributed by atoms with Crippen molar-refractivity contribution in [3.8, 4) is 6.01 Å². The monoisotopic (exact) mass is 562 g/mol. The molecule has 0 spiro atoms. The highest BCUT2D eigenvalue weighted by atomic mass is 19.1. The average Bonchev–Trinajstić information content (AvgIpc) is 3.52. The molecule has 2 aliphatic rings. The highest BCUT2D eigenvalue weighted by molar-refractivity contribution is 5.93. The molecule has 2 amide bonds. The van der Waals surface area contributed by atoms with Gasteiger partial charge in [-0.25, -0.2) is 9.37 Å². The molecule has 11 nitrogen and oxygen atoms in total. The molecule has 0 radical (unpaired) electrons. The summed E-state index contributed by atoms with van der Waals surface area (Å²) >= 11 is 0. The lowest BCUT2D eigenvalue weighted by atomic mass is 10.1. The van der Waals surface area contributed by atoms with E-state index in [9.17, 15) is 14.0 Å². The molecule has 12 heteroatoms. The van der Waals surface area contributed by atoms with Gasteiger partial charge in [-0.2, -0.15) is 10.1 Å². The van der Waals surface area contributed by atoms with Gasteiger partial charge in [0.25, 0.3) is 0 Å². The number of hydrogen-bond acceptors (Lipinski definition) is 8. The molecule has 2 saturated heterocycles. The molecule has 0 bridgehead atoms. The number of ether oxygens (including phenoxy) is 1. The summed E-state index contributed by atoms with van der Waals surface area (Å²) in [6, 6.07) is 8.45. The third-order valence-corrected chi connectivity index (χ3v) is 7.22. The van der Waals surface area contributed by atoms with Crippen molar-refractivity contribution in [3.05, 3.63) is 48.0 Å². The SMILES string of the molecule is Cc1ccc(N2CC(C)NC(C)C2)c2cnc(OCC3CNC(=O)C3)nc12.Cn1cc2cc(NC=O)cc(F)c2n1. The number of carbonyl (C=O) groups excluding carboxylic acids is 2. The van der Waals surface area contributed by atoms with E-state index in [0.29, 0.717) is 60.7 Å². The van der Waals surface area contributed by atoms with E-state index in [1.54, 1.807) is 19.3 Å². The first kappa shape index (κ1) is 28.2. The molecule has 4 aromatic rings. The molecule has 2 aromatic heterocycles. The number of amides is 2. The number of benzene rings is 2. The normalized spacial score (nSPS) is 20.5. The summed E-state index contributed by atoms with van der Waals surface area (Å²) in [4.78, 5) is 33.0. The van der Waals surface area contributed by atoms with E-state index in [4.69, 9.17) is 4.74 Å². The topological polar surface area (TPSA) is 126 Å². The van der Waals surface area contributed by atoms with Crippen molar-refractivity contribution < 1.29 is 18.7 Å². The minimum Gasteiger partial charge on any atom is -0.463 e. The Morgan fingerprint density at radius 3 is 2.68 bits per heavy atom. The second kappa shape index (κ2) is 12.0. The summed E-state index contributed by atoms with van der Waals surface area (Å²) < 4.78 is 20.7. The first-order chi connectivity index (χ1) is 19.7. The van der Waals surface area contributed by atoms with E-state index in [1.807, 2.05) is 6.20 Å². The lowest BCUT2D eigenvalue weighted by Crippen LogP contribution is -2.54. The molecule has 41 heavy (non-hydrogen) atoms. The number of fused-ring (bicyclic) bond motifs is 2. The lowest BCUT2D eigenvalue weighted by Gasteiger charge is -2.38. The Kier molecular flexibility index (Phi) is 8.29. The summed E-state index contributed by atoms with van der Waals surface area (Å²) in [5.41, 5.74) is 3.95. The molecule has 6 rings (SSSR count). The van der Waals surface area contributed by atoms with Crippen molar-refractivity contribution >= 4 is 45.5 Å². The van der Waals surface area contributed by atoms with Gasteiger partial charge in [-0.3, -0.25) is 14.3 Å². The Labute approximate surface area is 237 Å². The Hall–Kier alpha value is -4.32. The van der Waals surface area contributed by atoms with E-state index >= 15 is 0 Å². The fourth-order valence-corrected chi connectivity index (χ4v) is 5.43. The Morgan fingerprint density at radius 1 is 1.20 bits per heavy atom. The third kappa shape index (κ3) is 6.54. The standard InChI is InChI=1S/C20H27N5O2.C9H8FN3O/c1-12-4-5-17(25-9-13(2)23-14(3)10-25)16-8-22-20(24-19(12)16)27-11-15-6-18(26)21-7-15;1-13-4-6-2-7(11-5-14)3-8(10)9(6)12-13/h4-5,8,13-15,23H,6-7,9-11H2,1-3H3,(H,21,26);2-5H,1H3,(H,11,14). The van der Waals surface area contributed by atoms with Gasteiger partial charge in [-0.05, 0) is 44.5 Å². The van der Waals surface area contributed by atoms with Gasteiger partial charge < -0.3 is 25.6 Å². The van der Waals surface area contributed by atoms with Crippen LogP contribution in [-0.2, 0) is 16.6 Å². The van der Waals surface area contributed by atoms with Crippen LogP contribution in [0.15, 0.2) is 36.7 Å². The Bertz CT molecular complexity index is 1560. The largest absolute Gasteiger partial charge is 0.463 e. The van der Waals surface area contributed by atoms with E-state index in [1.165, 1.54) is 16.4 Å². The summed E-state index contributed by atoms with van der Waals surface area (Å²) in [5.74, 6) is -0.163. The van der Waals surface area contributed by atoms with Gasteiger partial charge in [0.2, 0.25) is 12.3 Å². The minimum atomic E-state index is -0.438. The maximum absolute atomic E-state index is 13.4. The zero-order valence-corrected chi connectivity index (χ0v) is 23.6. The minimum absolute atomic E-state index is 0.0861. The van der Waals surface area contributed by atoms with Crippen LogP contribution in [0.3, 0.4) is 0 Å². The number of nitrogens with zero attached hydrogens (tertiary/aromatic N) is 5. The van der Waals surface area contributed by atoms with Crippen molar-refractivity contribution in [1.29, 1.82) is 0 Å². The molecular formula is C29H35FN8O3. The number of piperazine rings is 1. The first-order valence-electron chi connectivity index (χ1n) is 13.7. The van der Waals surface area contributed by atoms with Gasteiger partial charge in [-0.15, -0.1) is 0 Å². The van der Waals surface area contributed by atoms with Crippen LogP contribution in [0.1, 0.15) is 25.8 Å². The average molecular weight is 563 g/mol. The maximum Gasteiger partial charge on any atom is 0.316 e. The number of hydrogen-bond donors (Lipinski definition) is 3. The molecule has 3 atom stereocenters. The van der Waals surface area contributed by atoms with Crippen LogP contribution < -0.4 is 25.6 Å². The predicted octanol–water partition coefficient (Wildman–Crippen LogP) is 2.92. The molecule has 2 aromatic carbocycles. The van der Waals surface area contributed by atoms with Crippen molar-refractivity contribution in [1.82, 2.24) is 30.4 Å². The fraction of sp³-hybridized carbons (Fsp3) is 0.414. The van der Waals surface area contributed by atoms with E-state index in [-0.39, 0.29) is 11.8 Å². The molecule has 2 fully saturated rings. The number of halogens is 1. The van der Waals surface area contributed by atoms with Gasteiger partial charge in [0, 0.05) is 85.6 Å². The van der Waals surface area contributed by atoms with Crippen molar-refractivity contribution in [2.24, 2.45) is 13.0 Å². The van der Waals surface area contributed by atoms with Crippen molar-refractivity contribution in [3.63, 3.8) is 0 Å². The number of nitrogens with one attached hydrogen (secondary N) is 3. The van der Waals surface area contributed by atoms with Gasteiger partial charge in [0.1, 0.15) is 5.52 Å². The third-order valence-electron chi connectivity index (χ3n) is 7.22. The van der Waals surface area contributed by atoms with Crippen molar-refractivity contribution in [2.45, 2.75) is 39.3 Å². The maximum atomic E-state index is 13.4. The fourth-order valence-electron chi connectivity index (χ4n) is 5.43. The highest BCUT2D eigenvalue weighted by Gasteiger charge is 2.24. The highest BCUT2D eigenvalue weighted by Crippen LogP contribution is 2.30. The summed E-state index contributed by atoms with van der Waals surface area (Å²) in [7, 11) is 1.71. The quantitative estimate of drug-likeness (QED) is 0.306. The number of aryl methyl sites for hydroxylation is 2. The van der Waals surface area contributed by atoms with Crippen LogP contribution in [0, 0.1) is 18.7 Å². The summed E-state index contributed by atoms with van der Waals surface area (Å²) in [6.45, 7) is 9.53. The number of aromatic nitrogens is 4. The van der Waals surface area contributed by atoms with Crippen molar-refractivity contribution in [2.75, 3.05) is 36.5 Å². The lowest BCUT2D eigenvalue weighted by molar-refractivity contribution is -0.119. The van der Waals surface area contributed by atoms with Crippen LogP contribution in [0.5, 0.6) is 6.01 Å². The van der Waals surface area contributed by atoms with E-state index in [0.717, 1.165) is 29.6 Å². The molecule has 3 unspecified atom stereocenters. The van der Waals surface area contributed by atoms with Crippen LogP contribution >= 0.6 is 0 Å². The zero-order valence-electron chi connectivity index (χ0n) is 23.6. The van der Waals surface area contributed by atoms with Crippen LogP contribution in [0.4, 0.5) is 15.8 Å². The second-order valence-electron chi connectivity index (χ2n) is 10.8. The first-order valence-corrected chi connectivity index (χ1v) is 13.7. The van der Waals surface area contributed by atoms with Gasteiger partial charge in [-0.1, -0.05) is 6.07 Å². The summed E-state index contributed by atoms with van der Waals surface area (Å²) in [5, 5.41) is 14.4. The molecule has 0 saturated carbocycles. The zero-order chi connectivity index (χ0) is 29.1. The molecular weight excluding hydrogens is 527 g/mol. The number of rotatable bonds is 6. The van der Waals surface area contributed by atoms with Gasteiger partial charge in [0.05, 0.1) is 12.1 Å². The predicted molar refractivity (Wildman–Crippen MR) is 156 cm³/mol. The second-order valence-corrected chi connectivity index (χ2v) is 10.8. The smallest absolute Gasteiger partial charge is 0.316 e. The van der Waals surface area contributed by atoms with E-state index < -0.39 is 5.82 Å². The molecule has 4 heterocycles. The molecule has 2 aliphatic heterocycles. The van der Waals surface area contributed by atoms with Crippen LogP contribution in [0.2, 0.25) is 0 Å². The Balaban J connectivity index is 0.000000202. The van der Waals surface area contributed by atoms with Crippen LogP contribution in [0.25, 0.3) is 21.8 Å². The molecule has 0 aliphatic carbocycles. The van der Waals surface area contributed by atoms with Crippen LogP contribution in [-0.4, -0.2) is 70.4 Å².